The van der Waals surface area contributed by atoms with Crippen LogP contribution >= 0.6 is 0 Å². The summed E-state index contributed by atoms with van der Waals surface area (Å²) in [5.74, 6) is -2.81. The molecule has 5 atom stereocenters. The number of rotatable bonds is 8. The molecule has 2 saturated heterocycles. The molecule has 0 unspecified atom stereocenters. The van der Waals surface area contributed by atoms with Crippen LogP contribution < -0.4 is 15.9 Å². The van der Waals surface area contributed by atoms with Gasteiger partial charge < -0.3 is 37.7 Å². The van der Waals surface area contributed by atoms with Gasteiger partial charge in [0, 0.05) is 27.7 Å². The largest absolute Gasteiger partial charge is 0.494 e. The number of esters is 4. The maximum atomic E-state index is 12.2. The summed E-state index contributed by atoms with van der Waals surface area (Å²) in [7, 11) is -0.626. The minimum atomic E-state index is -2.29. The van der Waals surface area contributed by atoms with E-state index in [-0.39, 0.29) is 5.75 Å². The van der Waals surface area contributed by atoms with Crippen molar-refractivity contribution in [1.82, 2.24) is 0 Å². The van der Waals surface area contributed by atoms with Gasteiger partial charge in [-0.05, 0) is 51.7 Å². The van der Waals surface area contributed by atoms with Crippen LogP contribution in [0.15, 0.2) is 18.2 Å². The minimum Gasteiger partial charge on any atom is -0.463 e. The lowest BCUT2D eigenvalue weighted by atomic mass is 9.78. The van der Waals surface area contributed by atoms with Crippen LogP contribution in [0.4, 0.5) is 0 Å². The second-order valence-corrected chi connectivity index (χ2v) is 11.1. The molecule has 0 bridgehead atoms. The third-order valence-corrected chi connectivity index (χ3v) is 7.10. The van der Waals surface area contributed by atoms with Crippen LogP contribution in [0, 0.1) is 6.92 Å². The Morgan fingerprint density at radius 2 is 1.49 bits per heavy atom. The number of hydrogen-bond donors (Lipinski definition) is 1. The summed E-state index contributed by atoms with van der Waals surface area (Å²) in [5, 5.41) is 0. The summed E-state index contributed by atoms with van der Waals surface area (Å²) in [6.45, 7) is 13.6. The van der Waals surface area contributed by atoms with E-state index in [1.54, 1.807) is 25.1 Å². The lowest BCUT2D eigenvalue weighted by molar-refractivity contribution is -0.325. The molecule has 41 heavy (non-hydrogen) atoms. The van der Waals surface area contributed by atoms with Gasteiger partial charge >= 0.3 is 31.0 Å². The maximum absolute atomic E-state index is 12.2. The molecule has 14 heteroatoms. The predicted octanol–water partition coefficient (Wildman–Crippen LogP) is 1.04. The number of benzene rings is 1. The van der Waals surface area contributed by atoms with Gasteiger partial charge in [-0.25, -0.2) is 0 Å². The second kappa shape index (κ2) is 12.0. The third kappa shape index (κ3) is 7.18. The first kappa shape index (κ1) is 32.3. The Labute approximate surface area is 239 Å². The molecule has 226 valence electrons. The molecule has 0 aliphatic carbocycles. The molecule has 0 saturated carbocycles. The highest BCUT2D eigenvalue weighted by molar-refractivity contribution is 6.62. The molecule has 2 aliphatic heterocycles. The normalized spacial score (nSPS) is 28.4. The van der Waals surface area contributed by atoms with Crippen molar-refractivity contribution < 1.29 is 56.9 Å². The fourth-order valence-corrected chi connectivity index (χ4v) is 4.45. The topological polar surface area (TPSA) is 168 Å². The lowest BCUT2D eigenvalue weighted by Crippen LogP contribution is -2.75. The zero-order valence-electron chi connectivity index (χ0n) is 24.8. The fraction of sp³-hybridized carbons (Fsp3) is 0.630. The zero-order chi connectivity index (χ0) is 30.9. The molecular formula is C27H38BNO12. The maximum Gasteiger partial charge on any atom is 0.494 e. The lowest BCUT2D eigenvalue weighted by Gasteiger charge is -2.49. The van der Waals surface area contributed by atoms with Crippen molar-refractivity contribution >= 4 is 36.5 Å². The molecule has 0 spiro atoms. The van der Waals surface area contributed by atoms with E-state index in [9.17, 15) is 19.2 Å². The van der Waals surface area contributed by atoms with Crippen molar-refractivity contribution in [3.63, 3.8) is 0 Å². The molecule has 2 fully saturated rings. The van der Waals surface area contributed by atoms with Gasteiger partial charge in [0.25, 0.3) is 12.0 Å². The number of aryl methyl sites for hydroxylation is 1. The monoisotopic (exact) mass is 579 g/mol. The zero-order valence-corrected chi connectivity index (χ0v) is 24.8. The van der Waals surface area contributed by atoms with E-state index in [1.165, 1.54) is 6.92 Å². The molecule has 0 radical (unpaired) electrons. The summed E-state index contributed by atoms with van der Waals surface area (Å²) in [6, 6.07) is 5.16. The van der Waals surface area contributed by atoms with Gasteiger partial charge in [-0.2, -0.15) is 0 Å². The van der Waals surface area contributed by atoms with Crippen molar-refractivity contribution in [3.05, 3.63) is 23.8 Å². The highest BCUT2D eigenvalue weighted by Gasteiger charge is 2.62. The Hall–Kier alpha value is -3.20. The fourth-order valence-electron chi connectivity index (χ4n) is 4.45. The van der Waals surface area contributed by atoms with Gasteiger partial charge in [0.15, 0.2) is 6.10 Å². The SMILES string of the molecule is CC(=O)OC[C@H]1O[C@H](Oc2ccc(B3OC(C)(C)C(C)(C)O3)cc2C)[C@@](N)(OC(C)=O)[C@@H](OC(C)=O)[C@@H]1OC(C)=O. The van der Waals surface area contributed by atoms with E-state index in [1.807, 2.05) is 27.7 Å². The molecule has 2 N–H and O–H groups in total. The highest BCUT2D eigenvalue weighted by Crippen LogP contribution is 2.38. The summed E-state index contributed by atoms with van der Waals surface area (Å²) >= 11 is 0. The standard InChI is InChI=1S/C27H38BNO12/c1-14-12-19(28-40-25(6,7)26(8,9)41-28)10-11-20(14)37-24-27(29,39-18(5)33)23(36-17(4)32)22(35-16(3)31)21(38-24)13-34-15(2)30/h10-12,21-24H,13,29H2,1-9H3/t21-,22-,23+,24+,27+/m1/s1. The molecule has 2 heterocycles. The highest BCUT2D eigenvalue weighted by atomic mass is 16.7. The van der Waals surface area contributed by atoms with E-state index in [4.69, 9.17) is 43.5 Å². The van der Waals surface area contributed by atoms with Crippen molar-refractivity contribution in [3.8, 4) is 5.75 Å². The number of carbonyl (C=O) groups excluding carboxylic acids is 4. The Balaban J connectivity index is 2.00. The van der Waals surface area contributed by atoms with E-state index in [2.05, 4.69) is 0 Å². The second-order valence-electron chi connectivity index (χ2n) is 11.1. The molecule has 1 aromatic carbocycles. The predicted molar refractivity (Wildman–Crippen MR) is 143 cm³/mol. The first-order chi connectivity index (χ1) is 18.9. The van der Waals surface area contributed by atoms with E-state index in [0.29, 0.717) is 5.56 Å². The Morgan fingerprint density at radius 1 is 0.902 bits per heavy atom. The first-order valence-corrected chi connectivity index (χ1v) is 13.1. The number of ether oxygens (including phenoxy) is 6. The van der Waals surface area contributed by atoms with Crippen LogP contribution in [0.2, 0.25) is 0 Å². The molecule has 0 aromatic heterocycles. The molecule has 2 aliphatic rings. The summed E-state index contributed by atoms with van der Waals surface area (Å²) in [4.78, 5) is 47.8. The molecule has 13 nitrogen and oxygen atoms in total. The summed E-state index contributed by atoms with van der Waals surface area (Å²) in [5.41, 5.74) is 4.54. The van der Waals surface area contributed by atoms with Gasteiger partial charge in [0.1, 0.15) is 18.5 Å². The number of hydrogen-bond acceptors (Lipinski definition) is 13. The Morgan fingerprint density at radius 3 is 1.98 bits per heavy atom. The first-order valence-electron chi connectivity index (χ1n) is 13.1. The Kier molecular flexibility index (Phi) is 9.43. The van der Waals surface area contributed by atoms with Crippen molar-refractivity contribution in [2.45, 2.75) is 104 Å². The molecular weight excluding hydrogens is 541 g/mol. The average molecular weight is 579 g/mol. The quantitative estimate of drug-likeness (QED) is 0.201. The molecule has 0 amide bonds. The van der Waals surface area contributed by atoms with Gasteiger partial charge in [0.2, 0.25) is 6.10 Å². The van der Waals surface area contributed by atoms with Gasteiger partial charge in [-0.15, -0.1) is 0 Å². The van der Waals surface area contributed by atoms with Gasteiger partial charge in [0.05, 0.1) is 11.2 Å². The van der Waals surface area contributed by atoms with Crippen molar-refractivity contribution in [2.24, 2.45) is 5.73 Å². The van der Waals surface area contributed by atoms with E-state index < -0.39 is 79.1 Å². The smallest absolute Gasteiger partial charge is 0.463 e. The van der Waals surface area contributed by atoms with Crippen LogP contribution in [0.5, 0.6) is 5.75 Å². The van der Waals surface area contributed by atoms with E-state index >= 15 is 0 Å². The number of carbonyl (C=O) groups is 4. The Bertz CT molecular complexity index is 1170. The van der Waals surface area contributed by atoms with Gasteiger partial charge in [-0.3, -0.25) is 24.9 Å². The minimum absolute atomic E-state index is 0.274. The van der Waals surface area contributed by atoms with Crippen LogP contribution in [-0.2, 0) is 52.2 Å². The van der Waals surface area contributed by atoms with Crippen LogP contribution in [0.1, 0.15) is 61.0 Å². The average Bonchev–Trinajstić information content (AvgIpc) is 3.04. The van der Waals surface area contributed by atoms with Crippen LogP contribution in [0.25, 0.3) is 0 Å². The van der Waals surface area contributed by atoms with Crippen molar-refractivity contribution in [2.75, 3.05) is 6.61 Å². The van der Waals surface area contributed by atoms with Gasteiger partial charge in [-0.1, -0.05) is 12.1 Å². The third-order valence-electron chi connectivity index (χ3n) is 7.10. The van der Waals surface area contributed by atoms with Crippen molar-refractivity contribution in [1.29, 1.82) is 0 Å². The van der Waals surface area contributed by atoms with E-state index in [0.717, 1.165) is 26.2 Å². The van der Waals surface area contributed by atoms with Crippen LogP contribution in [-0.4, -0.2) is 79.1 Å². The molecule has 1 aromatic rings. The molecule has 3 rings (SSSR count). The number of nitrogens with two attached hydrogens (primary N) is 1. The van der Waals surface area contributed by atoms with Crippen LogP contribution in [0.3, 0.4) is 0 Å². The summed E-state index contributed by atoms with van der Waals surface area (Å²) < 4.78 is 45.7. The summed E-state index contributed by atoms with van der Waals surface area (Å²) in [6.07, 6.45) is -5.85.